The Morgan fingerprint density at radius 2 is 1.70 bits per heavy atom. The first kappa shape index (κ1) is 17.4. The zero-order chi connectivity index (χ0) is 19.6. The molecule has 0 saturated carbocycles. The Labute approximate surface area is 148 Å². The molecule has 0 aliphatic heterocycles. The van der Waals surface area contributed by atoms with Crippen molar-refractivity contribution in [1.82, 2.24) is 0 Å². The van der Waals surface area contributed by atoms with Gasteiger partial charge in [-0.2, -0.15) is 21.6 Å². The third-order valence-electron chi connectivity index (χ3n) is 4.07. The van der Waals surface area contributed by atoms with E-state index in [4.69, 9.17) is 8.83 Å². The molecule has 0 radical (unpaired) electrons. The van der Waals surface area contributed by atoms with Crippen molar-refractivity contribution in [3.8, 4) is 5.75 Å². The Morgan fingerprint density at radius 3 is 2.41 bits per heavy atom. The first-order chi connectivity index (χ1) is 12.6. The minimum atomic E-state index is -5.85. The van der Waals surface area contributed by atoms with Gasteiger partial charge >= 0.3 is 21.3 Å². The first-order valence-electron chi connectivity index (χ1n) is 7.47. The van der Waals surface area contributed by atoms with Crippen LogP contribution in [0.3, 0.4) is 0 Å². The molecule has 2 aromatic carbocycles. The molecule has 4 aromatic rings. The molecule has 2 heterocycles. The van der Waals surface area contributed by atoms with E-state index in [0.29, 0.717) is 10.9 Å². The number of hydrogen-bond donors (Lipinski definition) is 0. The van der Waals surface area contributed by atoms with Gasteiger partial charge < -0.3 is 13.0 Å². The minimum Gasteiger partial charge on any atom is -0.463 e. The topological polar surface area (TPSA) is 86.7 Å². The maximum Gasteiger partial charge on any atom is 0.534 e. The molecule has 0 fully saturated rings. The lowest BCUT2D eigenvalue weighted by molar-refractivity contribution is -0.0499. The fourth-order valence-corrected chi connectivity index (χ4v) is 3.34. The van der Waals surface area contributed by atoms with Gasteiger partial charge in [0, 0.05) is 16.3 Å². The number of fused-ring (bicyclic) bond motifs is 5. The Bertz CT molecular complexity index is 1380. The monoisotopic (exact) mass is 398 g/mol. The van der Waals surface area contributed by atoms with Crippen molar-refractivity contribution in [2.45, 2.75) is 12.4 Å². The van der Waals surface area contributed by atoms with E-state index in [0.717, 1.165) is 6.07 Å². The zero-order valence-corrected chi connectivity index (χ0v) is 14.3. The van der Waals surface area contributed by atoms with Crippen LogP contribution >= 0.6 is 0 Å². The van der Waals surface area contributed by atoms with Gasteiger partial charge in [-0.25, -0.2) is 4.79 Å². The standard InChI is InChI=1S/C17H9F3O6S/c1-8-7-24-15-11-6-5-9-10(14(11)25-16(21)13(8)15)3-2-4-12(9)26-27(22,23)17(18,19)20/h2-7H,1H3. The number of furan rings is 1. The molecule has 4 rings (SSSR count). The number of hydrogen-bond acceptors (Lipinski definition) is 6. The van der Waals surface area contributed by atoms with E-state index in [1.165, 1.54) is 30.5 Å². The van der Waals surface area contributed by atoms with Crippen molar-refractivity contribution in [3.63, 3.8) is 0 Å². The smallest absolute Gasteiger partial charge is 0.463 e. The highest BCUT2D eigenvalue weighted by Gasteiger charge is 2.48. The lowest BCUT2D eigenvalue weighted by atomic mass is 10.1. The second-order valence-corrected chi connectivity index (χ2v) is 7.33. The molecule has 0 spiro atoms. The molecule has 0 bridgehead atoms. The summed E-state index contributed by atoms with van der Waals surface area (Å²) < 4.78 is 75.5. The number of rotatable bonds is 2. The highest BCUT2D eigenvalue weighted by atomic mass is 32.2. The molecule has 0 aliphatic carbocycles. The Morgan fingerprint density at radius 1 is 1.00 bits per heavy atom. The van der Waals surface area contributed by atoms with E-state index in [9.17, 15) is 26.4 Å². The van der Waals surface area contributed by atoms with Gasteiger partial charge in [0.05, 0.1) is 11.6 Å². The Hall–Kier alpha value is -3.01. The van der Waals surface area contributed by atoms with E-state index < -0.39 is 27.0 Å². The fourth-order valence-electron chi connectivity index (χ4n) is 2.87. The molecular weight excluding hydrogens is 389 g/mol. The van der Waals surface area contributed by atoms with Crippen molar-refractivity contribution in [2.75, 3.05) is 0 Å². The highest BCUT2D eigenvalue weighted by molar-refractivity contribution is 7.88. The van der Waals surface area contributed by atoms with Crippen LogP contribution in [0.4, 0.5) is 13.2 Å². The SMILES string of the molecule is Cc1coc2c1c(=O)oc1c3cccc(OS(=O)(=O)C(F)(F)F)c3ccc21. The van der Waals surface area contributed by atoms with E-state index in [1.54, 1.807) is 6.92 Å². The van der Waals surface area contributed by atoms with Crippen molar-refractivity contribution in [2.24, 2.45) is 0 Å². The summed E-state index contributed by atoms with van der Waals surface area (Å²) in [6.07, 6.45) is 1.39. The van der Waals surface area contributed by atoms with Crippen LogP contribution in [0.2, 0.25) is 0 Å². The summed E-state index contributed by atoms with van der Waals surface area (Å²) in [5.41, 5.74) is -5.35. The molecule has 0 atom stereocenters. The van der Waals surface area contributed by atoms with Gasteiger partial charge in [0.25, 0.3) is 0 Å². The van der Waals surface area contributed by atoms with Crippen LogP contribution in [0, 0.1) is 6.92 Å². The lowest BCUT2D eigenvalue weighted by Gasteiger charge is -2.12. The third kappa shape index (κ3) is 2.55. The summed E-state index contributed by atoms with van der Waals surface area (Å²) >= 11 is 0. The lowest BCUT2D eigenvalue weighted by Crippen LogP contribution is -2.28. The summed E-state index contributed by atoms with van der Waals surface area (Å²) in [7, 11) is -5.85. The molecule has 10 heteroatoms. The Balaban J connectivity index is 2.04. The average molecular weight is 398 g/mol. The Kier molecular flexibility index (Phi) is 3.54. The number of benzene rings is 2. The number of alkyl halides is 3. The van der Waals surface area contributed by atoms with Gasteiger partial charge in [-0.3, -0.25) is 0 Å². The fraction of sp³-hybridized carbons (Fsp3) is 0.118. The molecule has 0 saturated heterocycles. The molecule has 6 nitrogen and oxygen atoms in total. The molecular formula is C17H9F3O6S. The molecule has 0 amide bonds. The molecule has 0 aliphatic rings. The highest BCUT2D eigenvalue weighted by Crippen LogP contribution is 2.36. The van der Waals surface area contributed by atoms with Gasteiger partial charge in [-0.05, 0) is 25.1 Å². The van der Waals surface area contributed by atoms with Crippen LogP contribution in [0.5, 0.6) is 5.75 Å². The summed E-state index contributed by atoms with van der Waals surface area (Å²) in [5.74, 6) is -0.537. The quantitative estimate of drug-likeness (QED) is 0.217. The van der Waals surface area contributed by atoms with Crippen molar-refractivity contribution in [1.29, 1.82) is 0 Å². The normalized spacial score (nSPS) is 12.9. The van der Waals surface area contributed by atoms with Crippen molar-refractivity contribution in [3.05, 3.63) is 52.6 Å². The minimum absolute atomic E-state index is 0.0311. The predicted octanol–water partition coefficient (Wildman–Crippen LogP) is 4.23. The summed E-state index contributed by atoms with van der Waals surface area (Å²) in [4.78, 5) is 12.3. The van der Waals surface area contributed by atoms with Crippen molar-refractivity contribution < 1.29 is 34.6 Å². The van der Waals surface area contributed by atoms with Gasteiger partial charge in [0.15, 0.2) is 11.3 Å². The maximum atomic E-state index is 12.6. The number of halogens is 3. The molecule has 140 valence electrons. The van der Waals surface area contributed by atoms with Gasteiger partial charge in [-0.1, -0.05) is 12.1 Å². The zero-order valence-electron chi connectivity index (χ0n) is 13.5. The van der Waals surface area contributed by atoms with Crippen LogP contribution in [0.1, 0.15) is 5.56 Å². The van der Waals surface area contributed by atoms with Gasteiger partial charge in [0.2, 0.25) is 0 Å². The van der Waals surface area contributed by atoms with Gasteiger partial charge in [-0.15, -0.1) is 0 Å². The van der Waals surface area contributed by atoms with E-state index in [2.05, 4.69) is 4.18 Å². The maximum absolute atomic E-state index is 12.6. The second-order valence-electron chi connectivity index (χ2n) is 5.79. The molecule has 27 heavy (non-hydrogen) atoms. The van der Waals surface area contributed by atoms with Crippen LogP contribution < -0.4 is 9.81 Å². The van der Waals surface area contributed by atoms with E-state index in [1.807, 2.05) is 0 Å². The summed E-state index contributed by atoms with van der Waals surface area (Å²) in [6, 6.07) is 6.66. The molecule has 2 aromatic heterocycles. The van der Waals surface area contributed by atoms with Crippen molar-refractivity contribution >= 4 is 42.8 Å². The summed E-state index contributed by atoms with van der Waals surface area (Å²) in [5, 5.41) is 0.911. The van der Waals surface area contributed by atoms with Gasteiger partial charge in [0.1, 0.15) is 11.0 Å². The number of aryl methyl sites for hydroxylation is 1. The first-order valence-corrected chi connectivity index (χ1v) is 8.88. The average Bonchev–Trinajstić information content (AvgIpc) is 2.96. The molecule has 0 unspecified atom stereocenters. The van der Waals surface area contributed by atoms with Crippen LogP contribution in [0.15, 0.2) is 50.2 Å². The van der Waals surface area contributed by atoms with Crippen LogP contribution in [-0.2, 0) is 10.1 Å². The van der Waals surface area contributed by atoms with E-state index >= 15 is 0 Å². The van der Waals surface area contributed by atoms with E-state index in [-0.39, 0.29) is 27.3 Å². The summed E-state index contributed by atoms with van der Waals surface area (Å²) in [6.45, 7) is 1.67. The molecule has 0 N–H and O–H groups in total. The second kappa shape index (κ2) is 5.49. The van der Waals surface area contributed by atoms with Crippen LogP contribution in [0.25, 0.3) is 32.7 Å². The largest absolute Gasteiger partial charge is 0.534 e. The van der Waals surface area contributed by atoms with Crippen LogP contribution in [-0.4, -0.2) is 13.9 Å². The predicted molar refractivity (Wildman–Crippen MR) is 90.1 cm³/mol. The third-order valence-corrected chi connectivity index (χ3v) is 5.04.